The Balaban J connectivity index is 2.36. The van der Waals surface area contributed by atoms with Gasteiger partial charge in [0.15, 0.2) is 5.11 Å². The molecule has 5 N–H and O–H groups in total. The number of nitrogen functional groups attached to an aromatic ring is 1. The van der Waals surface area contributed by atoms with Crippen LogP contribution >= 0.6 is 12.2 Å². The van der Waals surface area contributed by atoms with Gasteiger partial charge in [-0.25, -0.2) is 0 Å². The summed E-state index contributed by atoms with van der Waals surface area (Å²) in [5.74, 6) is 0.554. The van der Waals surface area contributed by atoms with Crippen molar-refractivity contribution in [2.45, 2.75) is 0 Å². The molecule has 0 fully saturated rings. The number of para-hydroxylation sites is 1. The largest absolute Gasteiger partial charge is 0.376 e. The van der Waals surface area contributed by atoms with E-state index in [1.807, 2.05) is 30.3 Å². The highest BCUT2D eigenvalue weighted by atomic mass is 32.1. The summed E-state index contributed by atoms with van der Waals surface area (Å²) < 4.78 is 1.50. The Kier molecular flexibility index (Phi) is 2.69. The average Bonchev–Trinajstić information content (AvgIpc) is 2.60. The first-order chi connectivity index (χ1) is 7.66. The number of hydrogen-bond donors (Lipinski definition) is 3. The number of aromatic nitrogens is 3. The van der Waals surface area contributed by atoms with Crippen LogP contribution in [0.5, 0.6) is 0 Å². The van der Waals surface area contributed by atoms with Crippen molar-refractivity contribution >= 4 is 29.2 Å². The summed E-state index contributed by atoms with van der Waals surface area (Å²) in [6, 6.07) is 9.42. The second-order valence-corrected chi connectivity index (χ2v) is 3.47. The van der Waals surface area contributed by atoms with E-state index in [-0.39, 0.29) is 17.0 Å². The zero-order valence-corrected chi connectivity index (χ0v) is 9.11. The van der Waals surface area contributed by atoms with Gasteiger partial charge in [0.1, 0.15) is 0 Å². The minimum Gasteiger partial charge on any atom is -0.376 e. The van der Waals surface area contributed by atoms with Crippen molar-refractivity contribution in [1.82, 2.24) is 14.8 Å². The van der Waals surface area contributed by atoms with Crippen LogP contribution in [-0.4, -0.2) is 19.9 Å². The molecule has 1 aromatic carbocycles. The summed E-state index contributed by atoms with van der Waals surface area (Å²) in [6.07, 6.45) is 0. The number of nitrogens with zero attached hydrogens (tertiary/aromatic N) is 3. The summed E-state index contributed by atoms with van der Waals surface area (Å²) >= 11 is 4.68. The Morgan fingerprint density at radius 1 is 1.31 bits per heavy atom. The van der Waals surface area contributed by atoms with Gasteiger partial charge in [0.05, 0.1) is 5.69 Å². The molecule has 0 radical (unpaired) electrons. The van der Waals surface area contributed by atoms with Gasteiger partial charge in [-0.15, -0.1) is 5.10 Å². The molecule has 2 aromatic rings. The molecule has 0 aliphatic heterocycles. The molecule has 6 nitrogen and oxygen atoms in total. The molecule has 7 heteroatoms. The van der Waals surface area contributed by atoms with Crippen LogP contribution in [0, 0.1) is 0 Å². The van der Waals surface area contributed by atoms with E-state index in [1.54, 1.807) is 0 Å². The number of hydrogen-bond acceptors (Lipinski definition) is 4. The summed E-state index contributed by atoms with van der Waals surface area (Å²) in [4.78, 5) is 3.98. The Morgan fingerprint density at radius 2 is 2.00 bits per heavy atom. The topological polar surface area (TPSA) is 94.8 Å². The second kappa shape index (κ2) is 4.15. The summed E-state index contributed by atoms with van der Waals surface area (Å²) in [5.41, 5.74) is 11.8. The fraction of sp³-hybridized carbons (Fsp3) is 0. The fourth-order valence-corrected chi connectivity index (χ4v) is 1.34. The van der Waals surface area contributed by atoms with E-state index in [0.29, 0.717) is 0 Å². The van der Waals surface area contributed by atoms with Gasteiger partial charge < -0.3 is 16.8 Å². The summed E-state index contributed by atoms with van der Waals surface area (Å²) in [5, 5.41) is 6.85. The van der Waals surface area contributed by atoms with Gasteiger partial charge in [0.25, 0.3) is 5.95 Å². The lowest BCUT2D eigenvalue weighted by Crippen LogP contribution is -2.19. The number of anilines is 2. The van der Waals surface area contributed by atoms with Gasteiger partial charge in [-0.3, -0.25) is 0 Å². The van der Waals surface area contributed by atoms with Crippen LogP contribution in [0.2, 0.25) is 0 Å². The molecular weight excluding hydrogens is 224 g/mol. The number of nitrogens with two attached hydrogens (primary N) is 2. The second-order valence-electron chi connectivity index (χ2n) is 3.03. The Bertz CT molecular complexity index is 506. The van der Waals surface area contributed by atoms with E-state index in [4.69, 9.17) is 11.5 Å². The van der Waals surface area contributed by atoms with Crippen LogP contribution in [0.4, 0.5) is 11.9 Å². The van der Waals surface area contributed by atoms with Gasteiger partial charge in [-0.1, -0.05) is 18.2 Å². The van der Waals surface area contributed by atoms with E-state index >= 15 is 0 Å². The third kappa shape index (κ3) is 2.09. The van der Waals surface area contributed by atoms with Crippen molar-refractivity contribution < 1.29 is 0 Å². The number of rotatable bonds is 2. The standard InChI is InChI=1S/C9H10N6S/c10-7-12-9(13-8(11)16)14-15(7)6-4-2-1-3-5-6/h1-5H,(H5,10,11,12,13,14,16). The molecule has 16 heavy (non-hydrogen) atoms. The highest BCUT2D eigenvalue weighted by Gasteiger charge is 2.08. The zero-order valence-electron chi connectivity index (χ0n) is 8.29. The first-order valence-electron chi connectivity index (χ1n) is 4.51. The maximum absolute atomic E-state index is 5.71. The average molecular weight is 234 g/mol. The number of nitrogens with one attached hydrogen (secondary N) is 1. The van der Waals surface area contributed by atoms with E-state index < -0.39 is 0 Å². The SMILES string of the molecule is NC(=S)Nc1nc(N)n(-c2ccccc2)n1. The van der Waals surface area contributed by atoms with E-state index in [1.165, 1.54) is 4.68 Å². The first kappa shape index (κ1) is 10.4. The van der Waals surface area contributed by atoms with Gasteiger partial charge in [-0.05, 0) is 24.4 Å². The predicted octanol–water partition coefficient (Wildman–Crippen LogP) is 0.505. The molecule has 0 amide bonds. The Hall–Kier alpha value is -2.15. The van der Waals surface area contributed by atoms with Crippen LogP contribution in [-0.2, 0) is 0 Å². The van der Waals surface area contributed by atoms with Crippen molar-refractivity contribution in [2.75, 3.05) is 11.1 Å². The molecule has 2 rings (SSSR count). The molecule has 0 aliphatic rings. The van der Waals surface area contributed by atoms with E-state index in [9.17, 15) is 0 Å². The molecule has 0 bridgehead atoms. The molecule has 1 aromatic heterocycles. The molecule has 0 saturated carbocycles. The number of thiocarbonyl (C=S) groups is 1. The monoisotopic (exact) mass is 234 g/mol. The quantitative estimate of drug-likeness (QED) is 0.655. The molecule has 0 saturated heterocycles. The molecule has 1 heterocycles. The smallest absolute Gasteiger partial charge is 0.250 e. The zero-order chi connectivity index (χ0) is 11.5. The minimum absolute atomic E-state index is 0.102. The van der Waals surface area contributed by atoms with Gasteiger partial charge in [0, 0.05) is 0 Å². The number of benzene rings is 1. The van der Waals surface area contributed by atoms with Crippen LogP contribution < -0.4 is 16.8 Å². The third-order valence-corrected chi connectivity index (χ3v) is 1.97. The van der Waals surface area contributed by atoms with E-state index in [2.05, 4.69) is 27.6 Å². The lowest BCUT2D eigenvalue weighted by Gasteiger charge is -2.00. The lowest BCUT2D eigenvalue weighted by molar-refractivity contribution is 0.895. The summed E-state index contributed by atoms with van der Waals surface area (Å²) in [7, 11) is 0. The fourth-order valence-electron chi connectivity index (χ4n) is 1.25. The van der Waals surface area contributed by atoms with E-state index in [0.717, 1.165) is 5.69 Å². The molecule has 0 aliphatic carbocycles. The normalized spacial score (nSPS) is 10.0. The minimum atomic E-state index is 0.102. The maximum Gasteiger partial charge on any atom is 0.250 e. The highest BCUT2D eigenvalue weighted by molar-refractivity contribution is 7.80. The van der Waals surface area contributed by atoms with Crippen molar-refractivity contribution in [3.63, 3.8) is 0 Å². The van der Waals surface area contributed by atoms with Gasteiger partial charge in [0.2, 0.25) is 5.95 Å². The first-order valence-corrected chi connectivity index (χ1v) is 4.92. The van der Waals surface area contributed by atoms with Gasteiger partial charge >= 0.3 is 0 Å². The van der Waals surface area contributed by atoms with Crippen LogP contribution in [0.15, 0.2) is 30.3 Å². The van der Waals surface area contributed by atoms with Gasteiger partial charge in [-0.2, -0.15) is 9.67 Å². The third-order valence-electron chi connectivity index (χ3n) is 1.87. The van der Waals surface area contributed by atoms with Crippen LogP contribution in [0.3, 0.4) is 0 Å². The molecular formula is C9H10N6S. The van der Waals surface area contributed by atoms with Crippen LogP contribution in [0.25, 0.3) is 5.69 Å². The molecule has 0 atom stereocenters. The Morgan fingerprint density at radius 3 is 2.62 bits per heavy atom. The van der Waals surface area contributed by atoms with Crippen molar-refractivity contribution in [3.8, 4) is 5.69 Å². The molecule has 0 spiro atoms. The van der Waals surface area contributed by atoms with Crippen molar-refractivity contribution in [1.29, 1.82) is 0 Å². The predicted molar refractivity (Wildman–Crippen MR) is 66.2 cm³/mol. The lowest BCUT2D eigenvalue weighted by atomic mass is 10.3. The van der Waals surface area contributed by atoms with Crippen molar-refractivity contribution in [2.24, 2.45) is 5.73 Å². The molecule has 82 valence electrons. The summed E-state index contributed by atoms with van der Waals surface area (Å²) in [6.45, 7) is 0. The molecule has 0 unspecified atom stereocenters. The Labute approximate surface area is 97.3 Å². The highest BCUT2D eigenvalue weighted by Crippen LogP contribution is 2.12. The maximum atomic E-state index is 5.71. The van der Waals surface area contributed by atoms with Crippen molar-refractivity contribution in [3.05, 3.63) is 30.3 Å². The van der Waals surface area contributed by atoms with Crippen LogP contribution in [0.1, 0.15) is 0 Å².